The number of aryl methyl sites for hydroxylation is 1. The molecule has 2 aromatic rings. The zero-order chi connectivity index (χ0) is 10.8. The van der Waals surface area contributed by atoms with E-state index in [9.17, 15) is 0 Å². The first kappa shape index (κ1) is 9.57. The Morgan fingerprint density at radius 1 is 1.47 bits per heavy atom. The van der Waals surface area contributed by atoms with Crippen LogP contribution in [0.2, 0.25) is 0 Å². The number of aromatic nitrogens is 4. The molecule has 0 aliphatic carbocycles. The molecule has 0 aliphatic rings. The van der Waals surface area contributed by atoms with Gasteiger partial charge in [0.25, 0.3) is 5.78 Å². The average Bonchev–Trinajstić information content (AvgIpc) is 2.61. The van der Waals surface area contributed by atoms with E-state index in [0.29, 0.717) is 5.78 Å². The van der Waals surface area contributed by atoms with E-state index in [1.807, 2.05) is 32.0 Å². The van der Waals surface area contributed by atoms with Gasteiger partial charge in [-0.15, -0.1) is 0 Å². The van der Waals surface area contributed by atoms with Crippen LogP contribution in [0.3, 0.4) is 0 Å². The maximum absolute atomic E-state index is 4.29. The Kier molecular flexibility index (Phi) is 2.32. The van der Waals surface area contributed by atoms with Crippen LogP contribution in [-0.2, 0) is 0 Å². The number of aliphatic imine (C=N–C) groups is 1. The summed E-state index contributed by atoms with van der Waals surface area (Å²) in [5, 5.41) is 4.05. The van der Waals surface area contributed by atoms with Crippen LogP contribution >= 0.6 is 0 Å². The van der Waals surface area contributed by atoms with E-state index in [-0.39, 0.29) is 0 Å². The van der Waals surface area contributed by atoms with E-state index >= 15 is 0 Å². The number of hydrogen-bond acceptors (Lipinski definition) is 4. The largest absolute Gasteiger partial charge is 0.369 e. The molecule has 0 radical (unpaired) electrons. The van der Waals surface area contributed by atoms with Crippen molar-refractivity contribution in [2.24, 2.45) is 4.99 Å². The highest BCUT2D eigenvalue weighted by molar-refractivity contribution is 5.60. The number of nitrogens with zero attached hydrogens (tertiary/aromatic N) is 6. The lowest BCUT2D eigenvalue weighted by Crippen LogP contribution is -2.07. The molecule has 6 heteroatoms. The van der Waals surface area contributed by atoms with Crippen LogP contribution in [-0.4, -0.2) is 44.9 Å². The van der Waals surface area contributed by atoms with Gasteiger partial charge in [-0.3, -0.25) is 0 Å². The van der Waals surface area contributed by atoms with Gasteiger partial charge >= 0.3 is 0 Å². The Morgan fingerprint density at radius 2 is 2.27 bits per heavy atom. The topological polar surface area (TPSA) is 58.7 Å². The Bertz CT molecular complexity index is 498. The lowest BCUT2D eigenvalue weighted by molar-refractivity contribution is 0.642. The minimum absolute atomic E-state index is 0.570. The van der Waals surface area contributed by atoms with Crippen LogP contribution < -0.4 is 0 Å². The van der Waals surface area contributed by atoms with Gasteiger partial charge in [0.2, 0.25) is 0 Å². The second-order valence-electron chi connectivity index (χ2n) is 3.44. The fourth-order valence-electron chi connectivity index (χ4n) is 1.18. The second-order valence-corrected chi connectivity index (χ2v) is 3.44. The minimum atomic E-state index is 0.570. The zero-order valence-corrected chi connectivity index (χ0v) is 8.92. The molecular formula is C9H12N6. The SMILES string of the molecule is Cc1cc(/N=C/N(C)C)n2ncnc2n1. The molecule has 78 valence electrons. The van der Waals surface area contributed by atoms with Gasteiger partial charge in [-0.05, 0) is 6.92 Å². The molecular weight excluding hydrogens is 192 g/mol. The fourth-order valence-corrected chi connectivity index (χ4v) is 1.18. The van der Waals surface area contributed by atoms with E-state index < -0.39 is 0 Å². The Labute approximate surface area is 87.3 Å². The van der Waals surface area contributed by atoms with Gasteiger partial charge < -0.3 is 4.90 Å². The van der Waals surface area contributed by atoms with Gasteiger partial charge in [0.1, 0.15) is 6.33 Å². The van der Waals surface area contributed by atoms with Crippen LogP contribution in [0.5, 0.6) is 0 Å². The van der Waals surface area contributed by atoms with Crippen LogP contribution in [0, 0.1) is 6.92 Å². The third-order valence-electron chi connectivity index (χ3n) is 1.78. The summed E-state index contributed by atoms with van der Waals surface area (Å²) < 4.78 is 1.60. The maximum Gasteiger partial charge on any atom is 0.254 e. The lowest BCUT2D eigenvalue weighted by Gasteiger charge is -2.03. The normalized spacial score (nSPS) is 11.4. The van der Waals surface area contributed by atoms with Gasteiger partial charge in [0.15, 0.2) is 5.82 Å². The van der Waals surface area contributed by atoms with E-state index in [4.69, 9.17) is 0 Å². The minimum Gasteiger partial charge on any atom is -0.369 e. The molecule has 2 heterocycles. The van der Waals surface area contributed by atoms with Crippen molar-refractivity contribution in [1.29, 1.82) is 0 Å². The molecule has 0 spiro atoms. The van der Waals surface area contributed by atoms with Crippen molar-refractivity contribution in [2.45, 2.75) is 6.92 Å². The summed E-state index contributed by atoms with van der Waals surface area (Å²) in [5.74, 6) is 1.30. The van der Waals surface area contributed by atoms with Crippen LogP contribution in [0.15, 0.2) is 17.4 Å². The van der Waals surface area contributed by atoms with Crippen LogP contribution in [0.25, 0.3) is 5.78 Å². The van der Waals surface area contributed by atoms with E-state index in [1.54, 1.807) is 10.9 Å². The van der Waals surface area contributed by atoms with E-state index in [0.717, 1.165) is 11.5 Å². The number of rotatable bonds is 2. The first-order chi connectivity index (χ1) is 7.16. The van der Waals surface area contributed by atoms with Gasteiger partial charge in [-0.1, -0.05) is 0 Å². The Hall–Kier alpha value is -1.98. The van der Waals surface area contributed by atoms with Crippen molar-refractivity contribution in [1.82, 2.24) is 24.5 Å². The third kappa shape index (κ3) is 1.93. The lowest BCUT2D eigenvalue weighted by atomic mass is 10.4. The van der Waals surface area contributed by atoms with Crippen molar-refractivity contribution in [3.63, 3.8) is 0 Å². The molecule has 6 nitrogen and oxygen atoms in total. The van der Waals surface area contributed by atoms with Gasteiger partial charge in [-0.25, -0.2) is 9.98 Å². The predicted molar refractivity (Wildman–Crippen MR) is 57.4 cm³/mol. The van der Waals surface area contributed by atoms with E-state index in [1.165, 1.54) is 6.33 Å². The summed E-state index contributed by atoms with van der Waals surface area (Å²) in [7, 11) is 3.83. The number of fused-ring (bicyclic) bond motifs is 1. The molecule has 0 atom stereocenters. The quantitative estimate of drug-likeness (QED) is 0.532. The third-order valence-corrected chi connectivity index (χ3v) is 1.78. The molecule has 15 heavy (non-hydrogen) atoms. The summed E-state index contributed by atoms with van der Waals surface area (Å²) >= 11 is 0. The van der Waals surface area contributed by atoms with Crippen molar-refractivity contribution in [2.75, 3.05) is 14.1 Å². The van der Waals surface area contributed by atoms with Gasteiger partial charge in [-0.2, -0.15) is 14.6 Å². The molecule has 0 aliphatic heterocycles. The fraction of sp³-hybridized carbons (Fsp3) is 0.333. The molecule has 2 aromatic heterocycles. The smallest absolute Gasteiger partial charge is 0.254 e. The van der Waals surface area contributed by atoms with Crippen molar-refractivity contribution >= 4 is 17.9 Å². The Balaban J connectivity index is 2.53. The molecule has 0 amide bonds. The van der Waals surface area contributed by atoms with Crippen molar-refractivity contribution in [3.8, 4) is 0 Å². The summed E-state index contributed by atoms with van der Waals surface area (Å²) in [5.41, 5.74) is 0.876. The van der Waals surface area contributed by atoms with Gasteiger partial charge in [0, 0.05) is 25.9 Å². The monoisotopic (exact) mass is 204 g/mol. The molecule has 0 N–H and O–H groups in total. The van der Waals surface area contributed by atoms with Gasteiger partial charge in [0.05, 0.1) is 6.34 Å². The number of hydrogen-bond donors (Lipinski definition) is 0. The zero-order valence-electron chi connectivity index (χ0n) is 8.92. The average molecular weight is 204 g/mol. The first-order valence-electron chi connectivity index (χ1n) is 4.55. The second kappa shape index (κ2) is 3.64. The van der Waals surface area contributed by atoms with Crippen molar-refractivity contribution < 1.29 is 0 Å². The molecule has 0 saturated heterocycles. The molecule has 0 saturated carbocycles. The Morgan fingerprint density at radius 3 is 3.00 bits per heavy atom. The highest BCUT2D eigenvalue weighted by atomic mass is 15.3. The van der Waals surface area contributed by atoms with E-state index in [2.05, 4.69) is 20.1 Å². The summed E-state index contributed by atoms with van der Waals surface area (Å²) in [6.07, 6.45) is 3.19. The molecule has 0 unspecified atom stereocenters. The first-order valence-corrected chi connectivity index (χ1v) is 4.55. The standard InChI is InChI=1S/C9H12N6/c1-7-4-8(11-6-14(2)3)15-9(13-7)10-5-12-15/h4-6H,1-3H3/b11-6+. The predicted octanol–water partition coefficient (Wildman–Crippen LogP) is 0.654. The molecule has 0 bridgehead atoms. The maximum atomic E-state index is 4.29. The molecule has 0 aromatic carbocycles. The summed E-state index contributed by atoms with van der Waals surface area (Å²) in [6.45, 7) is 1.91. The highest BCUT2D eigenvalue weighted by Crippen LogP contribution is 2.12. The van der Waals surface area contributed by atoms with Crippen molar-refractivity contribution in [3.05, 3.63) is 18.1 Å². The molecule has 0 fully saturated rings. The highest BCUT2D eigenvalue weighted by Gasteiger charge is 2.03. The molecule has 2 rings (SSSR count). The van der Waals surface area contributed by atoms with Crippen LogP contribution in [0.1, 0.15) is 5.69 Å². The van der Waals surface area contributed by atoms with Crippen LogP contribution in [0.4, 0.5) is 5.82 Å². The summed E-state index contributed by atoms with van der Waals surface area (Å²) in [6, 6.07) is 1.86. The summed E-state index contributed by atoms with van der Waals surface area (Å²) in [4.78, 5) is 14.4.